The number of hydrogen-bond acceptors (Lipinski definition) is 6. The van der Waals surface area contributed by atoms with Gasteiger partial charge >= 0.3 is 11.6 Å². The Bertz CT molecular complexity index is 554. The van der Waals surface area contributed by atoms with Crippen molar-refractivity contribution in [3.05, 3.63) is 23.3 Å². The lowest BCUT2D eigenvalue weighted by atomic mass is 10.3. The SMILES string of the molecule is CC1=CCS(=O)(=O)C1.CC1=CCS(=O)(=O)C1.O=S=O. The molecule has 2 heterocycles. The third-order valence-corrected chi connectivity index (χ3v) is 5.41. The smallest absolute Gasteiger partial charge is 0.228 e. The van der Waals surface area contributed by atoms with Crippen molar-refractivity contribution in [2.24, 2.45) is 0 Å². The highest BCUT2D eigenvalue weighted by Crippen LogP contribution is 2.09. The molecule has 0 radical (unpaired) electrons. The van der Waals surface area contributed by atoms with E-state index in [-0.39, 0.29) is 23.0 Å². The molecule has 0 N–H and O–H groups in total. The first-order chi connectivity index (χ1) is 8.62. The minimum atomic E-state index is -2.69. The van der Waals surface area contributed by atoms with Crippen LogP contribution in [0.2, 0.25) is 0 Å². The van der Waals surface area contributed by atoms with E-state index < -0.39 is 31.2 Å². The topological polar surface area (TPSA) is 102 Å². The standard InChI is InChI=1S/2C5H8O2S.O2S/c2*1-5-2-3-8(6,7)4-5;1-3-2/h2*2H,3-4H2,1H3;. The normalized spacial score (nSPS) is 22.0. The zero-order chi connectivity index (χ0) is 15.1. The molecule has 2 rings (SSSR count). The molecule has 0 spiro atoms. The highest BCUT2D eigenvalue weighted by molar-refractivity contribution is 7.92. The number of sulfone groups is 2. The van der Waals surface area contributed by atoms with Gasteiger partial charge in [-0.2, -0.15) is 8.42 Å². The van der Waals surface area contributed by atoms with Gasteiger partial charge in [0, 0.05) is 0 Å². The van der Waals surface area contributed by atoms with Crippen molar-refractivity contribution < 1.29 is 25.3 Å². The summed E-state index contributed by atoms with van der Waals surface area (Å²) in [6.07, 6.45) is 3.52. The van der Waals surface area contributed by atoms with E-state index in [1.807, 2.05) is 13.8 Å². The van der Waals surface area contributed by atoms with Crippen LogP contribution in [0.1, 0.15) is 13.8 Å². The quantitative estimate of drug-likeness (QED) is 0.582. The molecule has 6 nitrogen and oxygen atoms in total. The van der Waals surface area contributed by atoms with Crippen LogP contribution < -0.4 is 0 Å². The Labute approximate surface area is 117 Å². The van der Waals surface area contributed by atoms with Crippen LogP contribution in [0, 0.1) is 0 Å². The molecule has 0 aromatic carbocycles. The average Bonchev–Trinajstić information content (AvgIpc) is 2.71. The van der Waals surface area contributed by atoms with Gasteiger partial charge in [0.2, 0.25) is 0 Å². The predicted octanol–water partition coefficient (Wildman–Crippen LogP) is 0.0520. The summed E-state index contributed by atoms with van der Waals surface area (Å²) in [5.74, 6) is 1.04. The molecule has 0 bridgehead atoms. The largest absolute Gasteiger partial charge is 0.335 e. The van der Waals surface area contributed by atoms with Gasteiger partial charge in [0.15, 0.2) is 19.7 Å². The van der Waals surface area contributed by atoms with E-state index in [1.54, 1.807) is 12.2 Å². The van der Waals surface area contributed by atoms with Crippen molar-refractivity contribution >= 4 is 31.2 Å². The molecule has 19 heavy (non-hydrogen) atoms. The summed E-state index contributed by atoms with van der Waals surface area (Å²) in [7, 11) is -5.38. The Balaban J connectivity index is 0.000000284. The summed E-state index contributed by atoms with van der Waals surface area (Å²) >= 11 is -0.750. The van der Waals surface area contributed by atoms with Crippen molar-refractivity contribution in [3.63, 3.8) is 0 Å². The molecule has 110 valence electrons. The van der Waals surface area contributed by atoms with Gasteiger partial charge in [-0.1, -0.05) is 23.3 Å². The monoisotopic (exact) mass is 328 g/mol. The van der Waals surface area contributed by atoms with Crippen LogP contribution in [0.15, 0.2) is 23.3 Å². The Kier molecular flexibility index (Phi) is 7.38. The second-order valence-corrected chi connectivity index (χ2v) is 8.63. The summed E-state index contributed by atoms with van der Waals surface area (Å²) in [4.78, 5) is 0. The van der Waals surface area contributed by atoms with E-state index in [9.17, 15) is 16.8 Å². The van der Waals surface area contributed by atoms with Gasteiger partial charge in [0.25, 0.3) is 0 Å². The molecule has 0 unspecified atom stereocenters. The van der Waals surface area contributed by atoms with Gasteiger partial charge in [-0.3, -0.25) is 0 Å². The van der Waals surface area contributed by atoms with E-state index >= 15 is 0 Å². The van der Waals surface area contributed by atoms with Gasteiger partial charge < -0.3 is 0 Å². The van der Waals surface area contributed by atoms with Crippen molar-refractivity contribution in [1.29, 1.82) is 0 Å². The molecule has 0 aliphatic carbocycles. The highest BCUT2D eigenvalue weighted by atomic mass is 32.2. The summed E-state index contributed by atoms with van der Waals surface area (Å²) in [5.41, 5.74) is 1.95. The summed E-state index contributed by atoms with van der Waals surface area (Å²) in [5, 5.41) is 0. The third-order valence-electron chi connectivity index (χ3n) is 2.27. The van der Waals surface area contributed by atoms with Crippen LogP contribution in [0.3, 0.4) is 0 Å². The van der Waals surface area contributed by atoms with Crippen LogP contribution in [0.25, 0.3) is 0 Å². The molecule has 2 aliphatic rings. The Hall–Kier alpha value is -0.800. The fourth-order valence-corrected chi connectivity index (χ4v) is 4.40. The van der Waals surface area contributed by atoms with E-state index in [4.69, 9.17) is 8.42 Å². The van der Waals surface area contributed by atoms with E-state index in [1.165, 1.54) is 0 Å². The first-order valence-corrected chi connectivity index (χ1v) is 9.57. The first-order valence-electron chi connectivity index (χ1n) is 5.26. The van der Waals surface area contributed by atoms with E-state index in [2.05, 4.69) is 0 Å². The molecular weight excluding hydrogens is 312 g/mol. The van der Waals surface area contributed by atoms with Crippen LogP contribution >= 0.6 is 0 Å². The molecule has 0 amide bonds. The maximum Gasteiger partial charge on any atom is 0.335 e. The van der Waals surface area contributed by atoms with Gasteiger partial charge in [0.05, 0.1) is 23.0 Å². The molecule has 9 heteroatoms. The van der Waals surface area contributed by atoms with Crippen molar-refractivity contribution in [1.82, 2.24) is 0 Å². The van der Waals surface area contributed by atoms with Crippen LogP contribution in [0.4, 0.5) is 0 Å². The fourth-order valence-electron chi connectivity index (χ4n) is 1.47. The Morgan fingerprint density at radius 3 is 1.16 bits per heavy atom. The van der Waals surface area contributed by atoms with E-state index in [0.29, 0.717) is 0 Å². The molecule has 0 aromatic heterocycles. The predicted molar refractivity (Wildman–Crippen MR) is 73.7 cm³/mol. The molecule has 0 atom stereocenters. The molecule has 0 aromatic rings. The average molecular weight is 328 g/mol. The van der Waals surface area contributed by atoms with Gasteiger partial charge in [-0.15, -0.1) is 0 Å². The number of rotatable bonds is 0. The zero-order valence-corrected chi connectivity index (χ0v) is 13.1. The van der Waals surface area contributed by atoms with Crippen LogP contribution in [0.5, 0.6) is 0 Å². The fraction of sp³-hybridized carbons (Fsp3) is 0.600. The molecule has 2 aliphatic heterocycles. The van der Waals surface area contributed by atoms with Gasteiger partial charge in [0.1, 0.15) is 0 Å². The van der Waals surface area contributed by atoms with E-state index in [0.717, 1.165) is 11.1 Å². The Morgan fingerprint density at radius 1 is 0.842 bits per heavy atom. The lowest BCUT2D eigenvalue weighted by Gasteiger charge is -1.86. The molecular formula is C10H16O6S3. The lowest BCUT2D eigenvalue weighted by molar-refractivity contribution is 0.601. The summed E-state index contributed by atoms with van der Waals surface area (Å²) in [6, 6.07) is 0. The minimum Gasteiger partial charge on any atom is -0.228 e. The zero-order valence-electron chi connectivity index (χ0n) is 10.7. The van der Waals surface area contributed by atoms with Crippen molar-refractivity contribution in [3.8, 4) is 0 Å². The summed E-state index contributed by atoms with van der Waals surface area (Å²) < 4.78 is 58.9. The second kappa shape index (κ2) is 7.71. The van der Waals surface area contributed by atoms with Crippen molar-refractivity contribution in [2.45, 2.75) is 13.8 Å². The van der Waals surface area contributed by atoms with Gasteiger partial charge in [-0.25, -0.2) is 16.8 Å². The first kappa shape index (κ1) is 18.2. The Morgan fingerprint density at radius 2 is 1.11 bits per heavy atom. The molecule has 0 saturated carbocycles. The van der Waals surface area contributed by atoms with Crippen LogP contribution in [-0.2, 0) is 31.2 Å². The third kappa shape index (κ3) is 8.84. The summed E-state index contributed by atoms with van der Waals surface area (Å²) in [6.45, 7) is 3.68. The second-order valence-electron chi connectivity index (χ2n) is 4.28. The lowest BCUT2D eigenvalue weighted by Crippen LogP contribution is -2.01. The number of hydrogen-bond donors (Lipinski definition) is 0. The minimum absolute atomic E-state index is 0.249. The maximum atomic E-state index is 10.6. The van der Waals surface area contributed by atoms with Gasteiger partial charge in [-0.05, 0) is 13.8 Å². The maximum absolute atomic E-state index is 10.6. The van der Waals surface area contributed by atoms with Crippen molar-refractivity contribution in [2.75, 3.05) is 23.0 Å². The molecule has 0 fully saturated rings. The highest BCUT2D eigenvalue weighted by Gasteiger charge is 2.16. The van der Waals surface area contributed by atoms with Crippen LogP contribution in [-0.4, -0.2) is 48.3 Å². The molecule has 0 saturated heterocycles.